The highest BCUT2D eigenvalue weighted by Crippen LogP contribution is 2.29. The maximum absolute atomic E-state index is 12.7. The second-order valence-electron chi connectivity index (χ2n) is 7.50. The SMILES string of the molecule is CC(=O)NCc1ccc(C(=O)NC2CCN(Cc3ccc(C(F)(F)F)cc3)C2)cc1. The number of hydrogen-bond donors (Lipinski definition) is 2. The Morgan fingerprint density at radius 1 is 1.03 bits per heavy atom. The first-order valence-electron chi connectivity index (χ1n) is 9.73. The number of amides is 2. The Hall–Kier alpha value is -2.87. The van der Waals surface area contributed by atoms with Crippen LogP contribution in [0.25, 0.3) is 0 Å². The minimum Gasteiger partial charge on any atom is -0.352 e. The Bertz CT molecular complexity index is 880. The molecule has 160 valence electrons. The van der Waals surface area contributed by atoms with Crippen LogP contribution in [0.3, 0.4) is 0 Å². The molecule has 3 rings (SSSR count). The lowest BCUT2D eigenvalue weighted by atomic mass is 10.1. The van der Waals surface area contributed by atoms with E-state index in [-0.39, 0.29) is 17.9 Å². The summed E-state index contributed by atoms with van der Waals surface area (Å²) >= 11 is 0. The molecule has 0 radical (unpaired) electrons. The first-order valence-corrected chi connectivity index (χ1v) is 9.73. The van der Waals surface area contributed by atoms with Gasteiger partial charge in [0.2, 0.25) is 5.91 Å². The number of benzene rings is 2. The number of halogens is 3. The number of alkyl halides is 3. The summed E-state index contributed by atoms with van der Waals surface area (Å²) in [5.41, 5.74) is 1.61. The van der Waals surface area contributed by atoms with Gasteiger partial charge >= 0.3 is 6.18 Å². The number of rotatable bonds is 6. The fraction of sp³-hybridized carbons (Fsp3) is 0.364. The van der Waals surface area contributed by atoms with E-state index >= 15 is 0 Å². The zero-order valence-corrected chi connectivity index (χ0v) is 16.6. The molecule has 5 nitrogen and oxygen atoms in total. The predicted octanol–water partition coefficient (Wildman–Crippen LogP) is 3.35. The summed E-state index contributed by atoms with van der Waals surface area (Å²) in [6, 6.07) is 12.2. The summed E-state index contributed by atoms with van der Waals surface area (Å²) in [5.74, 6) is -0.277. The molecule has 1 fully saturated rings. The zero-order chi connectivity index (χ0) is 21.7. The van der Waals surface area contributed by atoms with Crippen LogP contribution < -0.4 is 10.6 Å². The maximum Gasteiger partial charge on any atom is 0.416 e. The summed E-state index contributed by atoms with van der Waals surface area (Å²) in [5, 5.41) is 5.71. The predicted molar refractivity (Wildman–Crippen MR) is 107 cm³/mol. The molecule has 0 bridgehead atoms. The van der Waals surface area contributed by atoms with E-state index in [4.69, 9.17) is 0 Å². The van der Waals surface area contributed by atoms with Crippen LogP contribution in [-0.4, -0.2) is 35.8 Å². The molecule has 1 unspecified atom stereocenters. The second kappa shape index (κ2) is 9.30. The smallest absolute Gasteiger partial charge is 0.352 e. The van der Waals surface area contributed by atoms with Crippen LogP contribution >= 0.6 is 0 Å². The molecule has 2 N–H and O–H groups in total. The second-order valence-corrected chi connectivity index (χ2v) is 7.50. The molecule has 30 heavy (non-hydrogen) atoms. The third-order valence-corrected chi connectivity index (χ3v) is 5.05. The number of carbonyl (C=O) groups excluding carboxylic acids is 2. The Morgan fingerprint density at radius 2 is 1.67 bits per heavy atom. The number of carbonyl (C=O) groups is 2. The van der Waals surface area contributed by atoms with Crippen molar-refractivity contribution in [3.8, 4) is 0 Å². The Balaban J connectivity index is 1.48. The van der Waals surface area contributed by atoms with Gasteiger partial charge in [0.15, 0.2) is 0 Å². The lowest BCUT2D eigenvalue weighted by molar-refractivity contribution is -0.137. The molecule has 0 aliphatic carbocycles. The van der Waals surface area contributed by atoms with Crippen molar-refractivity contribution in [3.05, 3.63) is 70.8 Å². The Labute approximate surface area is 173 Å². The molecule has 1 saturated heterocycles. The topological polar surface area (TPSA) is 61.4 Å². The average molecular weight is 419 g/mol. The Morgan fingerprint density at radius 3 is 2.27 bits per heavy atom. The summed E-state index contributed by atoms with van der Waals surface area (Å²) < 4.78 is 38.0. The van der Waals surface area contributed by atoms with Gasteiger partial charge in [-0.05, 0) is 41.8 Å². The standard InChI is InChI=1S/C22H24F3N3O2/c1-15(29)26-12-16-2-6-18(7-3-16)21(30)27-20-10-11-28(14-20)13-17-4-8-19(9-5-17)22(23,24)25/h2-9,20H,10-14H2,1H3,(H,26,29)(H,27,30). The first-order chi connectivity index (χ1) is 14.2. The molecule has 0 saturated carbocycles. The van der Waals surface area contributed by atoms with Crippen LogP contribution in [-0.2, 0) is 24.1 Å². The van der Waals surface area contributed by atoms with Gasteiger partial charge in [-0.3, -0.25) is 14.5 Å². The van der Waals surface area contributed by atoms with Crippen molar-refractivity contribution in [2.24, 2.45) is 0 Å². The quantitative estimate of drug-likeness (QED) is 0.755. The van der Waals surface area contributed by atoms with E-state index in [1.807, 2.05) is 0 Å². The number of nitrogens with zero attached hydrogens (tertiary/aromatic N) is 1. The van der Waals surface area contributed by atoms with E-state index in [9.17, 15) is 22.8 Å². The molecule has 0 aromatic heterocycles. The first kappa shape index (κ1) is 21.8. The molecular formula is C22H24F3N3O2. The van der Waals surface area contributed by atoms with Crippen LogP contribution in [0.2, 0.25) is 0 Å². The minimum absolute atomic E-state index is 0.00833. The van der Waals surface area contributed by atoms with E-state index in [1.54, 1.807) is 24.3 Å². The summed E-state index contributed by atoms with van der Waals surface area (Å²) in [6.07, 6.45) is -3.54. The molecular weight excluding hydrogens is 395 g/mol. The van der Waals surface area contributed by atoms with Gasteiger partial charge in [0, 0.05) is 44.7 Å². The van der Waals surface area contributed by atoms with Crippen molar-refractivity contribution in [2.45, 2.75) is 38.7 Å². The third-order valence-electron chi connectivity index (χ3n) is 5.05. The van der Waals surface area contributed by atoms with E-state index in [2.05, 4.69) is 15.5 Å². The van der Waals surface area contributed by atoms with Gasteiger partial charge < -0.3 is 10.6 Å². The van der Waals surface area contributed by atoms with Crippen molar-refractivity contribution in [3.63, 3.8) is 0 Å². The highest BCUT2D eigenvalue weighted by molar-refractivity contribution is 5.94. The fourth-order valence-corrected chi connectivity index (χ4v) is 3.42. The number of hydrogen-bond acceptors (Lipinski definition) is 3. The molecule has 1 aliphatic rings. The van der Waals surface area contributed by atoms with Gasteiger partial charge in [-0.2, -0.15) is 13.2 Å². The van der Waals surface area contributed by atoms with Crippen LogP contribution in [0.1, 0.15) is 40.4 Å². The summed E-state index contributed by atoms with van der Waals surface area (Å²) in [7, 11) is 0. The lowest BCUT2D eigenvalue weighted by Crippen LogP contribution is -2.37. The van der Waals surface area contributed by atoms with Gasteiger partial charge in [-0.15, -0.1) is 0 Å². The van der Waals surface area contributed by atoms with Crippen LogP contribution in [0.5, 0.6) is 0 Å². The van der Waals surface area contributed by atoms with Crippen molar-refractivity contribution < 1.29 is 22.8 Å². The normalized spacial score (nSPS) is 17.0. The third kappa shape index (κ3) is 6.06. The highest BCUT2D eigenvalue weighted by atomic mass is 19.4. The van der Waals surface area contributed by atoms with Gasteiger partial charge in [0.1, 0.15) is 0 Å². The van der Waals surface area contributed by atoms with Gasteiger partial charge in [0.05, 0.1) is 5.56 Å². The minimum atomic E-state index is -4.33. The molecule has 0 spiro atoms. The van der Waals surface area contributed by atoms with E-state index in [0.29, 0.717) is 25.2 Å². The zero-order valence-electron chi connectivity index (χ0n) is 16.6. The summed E-state index contributed by atoms with van der Waals surface area (Å²) in [4.78, 5) is 25.5. The van der Waals surface area contributed by atoms with E-state index in [1.165, 1.54) is 19.1 Å². The van der Waals surface area contributed by atoms with Gasteiger partial charge in [-0.1, -0.05) is 24.3 Å². The summed E-state index contributed by atoms with van der Waals surface area (Å²) in [6.45, 7) is 3.82. The molecule has 2 amide bonds. The van der Waals surface area contributed by atoms with Crippen LogP contribution in [0.4, 0.5) is 13.2 Å². The van der Waals surface area contributed by atoms with E-state index in [0.717, 1.165) is 36.2 Å². The van der Waals surface area contributed by atoms with Gasteiger partial charge in [0.25, 0.3) is 5.91 Å². The average Bonchev–Trinajstić information content (AvgIpc) is 3.13. The van der Waals surface area contributed by atoms with Crippen molar-refractivity contribution >= 4 is 11.8 Å². The van der Waals surface area contributed by atoms with Crippen molar-refractivity contribution in [2.75, 3.05) is 13.1 Å². The largest absolute Gasteiger partial charge is 0.416 e. The fourth-order valence-electron chi connectivity index (χ4n) is 3.42. The molecule has 2 aromatic rings. The maximum atomic E-state index is 12.7. The van der Waals surface area contributed by atoms with E-state index < -0.39 is 11.7 Å². The molecule has 8 heteroatoms. The van der Waals surface area contributed by atoms with Crippen molar-refractivity contribution in [1.29, 1.82) is 0 Å². The molecule has 1 heterocycles. The van der Waals surface area contributed by atoms with Crippen LogP contribution in [0, 0.1) is 0 Å². The molecule has 2 aromatic carbocycles. The molecule has 1 aliphatic heterocycles. The van der Waals surface area contributed by atoms with Gasteiger partial charge in [-0.25, -0.2) is 0 Å². The van der Waals surface area contributed by atoms with Crippen molar-refractivity contribution in [1.82, 2.24) is 15.5 Å². The number of likely N-dealkylation sites (tertiary alicyclic amines) is 1. The number of nitrogens with one attached hydrogen (secondary N) is 2. The van der Waals surface area contributed by atoms with Crippen LogP contribution in [0.15, 0.2) is 48.5 Å². The lowest BCUT2D eigenvalue weighted by Gasteiger charge is -2.17. The monoisotopic (exact) mass is 419 g/mol. The Kier molecular flexibility index (Phi) is 6.77. The highest BCUT2D eigenvalue weighted by Gasteiger charge is 2.30. The molecule has 1 atom stereocenters.